The number of benzene rings is 1. The first-order chi connectivity index (χ1) is 7.31. The van der Waals surface area contributed by atoms with Crippen LogP contribution in [0.3, 0.4) is 0 Å². The average Bonchev–Trinajstić information content (AvgIpc) is 3.05. The van der Waals surface area contributed by atoms with Crippen LogP contribution >= 0.6 is 0 Å². The average molecular weight is 203 g/mol. The maximum Gasteiger partial charge on any atom is 0.408 e. The fraction of sp³-hybridized carbons (Fsp3) is 0.417. The van der Waals surface area contributed by atoms with Crippen LogP contribution in [0.4, 0.5) is 4.79 Å². The molecular weight excluding hydrogens is 190 g/mol. The Labute approximate surface area is 88.4 Å². The second-order valence-electron chi connectivity index (χ2n) is 4.27. The maximum absolute atomic E-state index is 11.2. The van der Waals surface area contributed by atoms with Crippen molar-refractivity contribution in [3.8, 4) is 0 Å². The summed E-state index contributed by atoms with van der Waals surface area (Å²) in [5.74, 6) is 0.499. The van der Waals surface area contributed by atoms with Gasteiger partial charge in [0.1, 0.15) is 0 Å². The summed E-state index contributed by atoms with van der Waals surface area (Å²) >= 11 is 0. The van der Waals surface area contributed by atoms with Crippen molar-refractivity contribution in [1.82, 2.24) is 5.32 Å². The molecule has 0 spiro atoms. The monoisotopic (exact) mass is 203 g/mol. The third-order valence-electron chi connectivity index (χ3n) is 3.27. The summed E-state index contributed by atoms with van der Waals surface area (Å²) in [6.07, 6.45) is 2.03. The summed E-state index contributed by atoms with van der Waals surface area (Å²) in [5, 5.41) is 2.77. The number of rotatable bonds is 2. The molecule has 3 rings (SSSR count). The first-order valence-corrected chi connectivity index (χ1v) is 5.34. The standard InChI is InChI=1S/C12H13NO2/c14-11-13-8-12(15-11,10-6-7-10)9-4-2-1-3-5-9/h1-5,10H,6-8H2,(H,13,14)/t12-/m0/s1. The molecular formula is C12H13NO2. The van der Waals surface area contributed by atoms with E-state index in [0.29, 0.717) is 12.5 Å². The lowest BCUT2D eigenvalue weighted by atomic mass is 9.89. The molecule has 1 amide bonds. The molecule has 1 aromatic carbocycles. The topological polar surface area (TPSA) is 38.3 Å². The van der Waals surface area contributed by atoms with Crippen molar-refractivity contribution in [2.45, 2.75) is 18.4 Å². The number of hydrogen-bond donors (Lipinski definition) is 1. The van der Waals surface area contributed by atoms with Gasteiger partial charge in [0.2, 0.25) is 0 Å². The van der Waals surface area contributed by atoms with Crippen molar-refractivity contribution in [3.63, 3.8) is 0 Å². The number of cyclic esters (lactones) is 1. The van der Waals surface area contributed by atoms with Crippen molar-refractivity contribution in [3.05, 3.63) is 35.9 Å². The van der Waals surface area contributed by atoms with Gasteiger partial charge in [-0.15, -0.1) is 0 Å². The van der Waals surface area contributed by atoms with Gasteiger partial charge in [0, 0.05) is 5.92 Å². The number of carbonyl (C=O) groups is 1. The number of carbonyl (C=O) groups excluding carboxylic acids is 1. The first kappa shape index (κ1) is 8.77. The Bertz CT molecular complexity index is 386. The van der Waals surface area contributed by atoms with Gasteiger partial charge in [-0.05, 0) is 18.4 Å². The number of hydrogen-bond acceptors (Lipinski definition) is 2. The highest BCUT2D eigenvalue weighted by atomic mass is 16.6. The fourth-order valence-electron chi connectivity index (χ4n) is 2.34. The number of alkyl carbamates (subject to hydrolysis) is 1. The second kappa shape index (κ2) is 2.99. The van der Waals surface area contributed by atoms with Gasteiger partial charge in [-0.25, -0.2) is 4.79 Å². The molecule has 0 unspecified atom stereocenters. The molecule has 0 aromatic heterocycles. The molecule has 3 heteroatoms. The van der Waals surface area contributed by atoms with E-state index in [1.807, 2.05) is 30.3 Å². The Morgan fingerprint density at radius 3 is 2.53 bits per heavy atom. The highest BCUT2D eigenvalue weighted by Gasteiger charge is 2.53. The third kappa shape index (κ3) is 1.30. The molecule has 0 bridgehead atoms. The Kier molecular flexibility index (Phi) is 1.75. The van der Waals surface area contributed by atoms with E-state index in [1.165, 1.54) is 0 Å². The SMILES string of the molecule is O=C1NC[C@](c2ccccc2)(C2CC2)O1. The van der Waals surface area contributed by atoms with Crippen molar-refractivity contribution < 1.29 is 9.53 Å². The lowest BCUT2D eigenvalue weighted by Crippen LogP contribution is -2.32. The van der Waals surface area contributed by atoms with Crippen LogP contribution in [0, 0.1) is 5.92 Å². The highest BCUT2D eigenvalue weighted by molar-refractivity contribution is 5.71. The highest BCUT2D eigenvalue weighted by Crippen LogP contribution is 2.49. The number of ether oxygens (including phenoxy) is 1. The van der Waals surface area contributed by atoms with E-state index < -0.39 is 5.60 Å². The zero-order chi connectivity index (χ0) is 10.3. The molecule has 1 aliphatic heterocycles. The van der Waals surface area contributed by atoms with E-state index in [-0.39, 0.29) is 6.09 Å². The summed E-state index contributed by atoms with van der Waals surface area (Å²) in [6.45, 7) is 0.612. The number of nitrogens with one attached hydrogen (secondary N) is 1. The van der Waals surface area contributed by atoms with E-state index in [2.05, 4.69) is 5.32 Å². The minimum atomic E-state index is -0.391. The van der Waals surface area contributed by atoms with Gasteiger partial charge in [-0.1, -0.05) is 30.3 Å². The van der Waals surface area contributed by atoms with Crippen LogP contribution in [0.5, 0.6) is 0 Å². The zero-order valence-electron chi connectivity index (χ0n) is 8.40. The molecule has 1 heterocycles. The molecule has 1 saturated carbocycles. The van der Waals surface area contributed by atoms with E-state index in [1.54, 1.807) is 0 Å². The predicted molar refractivity (Wildman–Crippen MR) is 55.3 cm³/mol. The molecule has 1 aromatic rings. The minimum absolute atomic E-state index is 0.286. The van der Waals surface area contributed by atoms with Crippen molar-refractivity contribution in [2.75, 3.05) is 6.54 Å². The smallest absolute Gasteiger partial charge is 0.408 e. The van der Waals surface area contributed by atoms with Crippen LogP contribution in [0.15, 0.2) is 30.3 Å². The quantitative estimate of drug-likeness (QED) is 0.798. The maximum atomic E-state index is 11.2. The van der Waals surface area contributed by atoms with Crippen molar-refractivity contribution >= 4 is 6.09 Å². The molecule has 78 valence electrons. The van der Waals surface area contributed by atoms with Crippen LogP contribution in [0.2, 0.25) is 0 Å². The van der Waals surface area contributed by atoms with Gasteiger partial charge in [0.25, 0.3) is 0 Å². The normalized spacial score (nSPS) is 29.7. The minimum Gasteiger partial charge on any atom is -0.436 e. The summed E-state index contributed by atoms with van der Waals surface area (Å²) in [6, 6.07) is 10.0. The number of amides is 1. The molecule has 2 aliphatic rings. The van der Waals surface area contributed by atoms with E-state index in [0.717, 1.165) is 18.4 Å². The van der Waals surface area contributed by atoms with Crippen molar-refractivity contribution in [2.24, 2.45) is 5.92 Å². The molecule has 0 radical (unpaired) electrons. The van der Waals surface area contributed by atoms with Gasteiger partial charge in [-0.3, -0.25) is 0 Å². The molecule has 15 heavy (non-hydrogen) atoms. The fourth-order valence-corrected chi connectivity index (χ4v) is 2.34. The van der Waals surface area contributed by atoms with E-state index in [9.17, 15) is 4.79 Å². The largest absolute Gasteiger partial charge is 0.436 e. The Balaban J connectivity index is 2.01. The van der Waals surface area contributed by atoms with Crippen LogP contribution in [-0.4, -0.2) is 12.6 Å². The molecule has 1 atom stereocenters. The predicted octanol–water partition coefficient (Wildman–Crippen LogP) is 2.03. The van der Waals surface area contributed by atoms with E-state index >= 15 is 0 Å². The van der Waals surface area contributed by atoms with Crippen molar-refractivity contribution in [1.29, 1.82) is 0 Å². The Hall–Kier alpha value is -1.51. The lowest BCUT2D eigenvalue weighted by Gasteiger charge is -2.26. The second-order valence-corrected chi connectivity index (χ2v) is 4.27. The van der Waals surface area contributed by atoms with Gasteiger partial charge < -0.3 is 10.1 Å². The molecule has 2 fully saturated rings. The van der Waals surface area contributed by atoms with Crippen LogP contribution in [-0.2, 0) is 10.3 Å². The molecule has 1 aliphatic carbocycles. The van der Waals surface area contributed by atoms with Gasteiger partial charge in [0.15, 0.2) is 5.60 Å². The molecule has 3 nitrogen and oxygen atoms in total. The van der Waals surface area contributed by atoms with Crippen LogP contribution < -0.4 is 5.32 Å². The summed E-state index contributed by atoms with van der Waals surface area (Å²) in [7, 11) is 0. The Morgan fingerprint density at radius 1 is 1.27 bits per heavy atom. The molecule has 1 N–H and O–H groups in total. The van der Waals surface area contributed by atoms with E-state index in [4.69, 9.17) is 4.74 Å². The zero-order valence-corrected chi connectivity index (χ0v) is 8.40. The summed E-state index contributed by atoms with van der Waals surface area (Å²) < 4.78 is 5.51. The van der Waals surface area contributed by atoms with Gasteiger partial charge in [0.05, 0.1) is 6.54 Å². The van der Waals surface area contributed by atoms with Gasteiger partial charge >= 0.3 is 6.09 Å². The third-order valence-corrected chi connectivity index (χ3v) is 3.27. The molecule has 1 saturated heterocycles. The lowest BCUT2D eigenvalue weighted by molar-refractivity contribution is 0.0350. The van der Waals surface area contributed by atoms with Crippen LogP contribution in [0.25, 0.3) is 0 Å². The summed E-state index contributed by atoms with van der Waals surface area (Å²) in [5.41, 5.74) is 0.726. The Morgan fingerprint density at radius 2 is 2.00 bits per heavy atom. The first-order valence-electron chi connectivity index (χ1n) is 5.34. The van der Waals surface area contributed by atoms with Crippen LogP contribution in [0.1, 0.15) is 18.4 Å². The van der Waals surface area contributed by atoms with Gasteiger partial charge in [-0.2, -0.15) is 0 Å². The summed E-state index contributed by atoms with van der Waals surface area (Å²) in [4.78, 5) is 11.2.